The van der Waals surface area contributed by atoms with Crippen molar-refractivity contribution < 1.29 is 9.53 Å². The lowest BCUT2D eigenvalue weighted by molar-refractivity contribution is 0.208. The number of aryl methyl sites for hydroxylation is 3. The maximum absolute atomic E-state index is 12.8. The molecule has 2 aromatic carbocycles. The second kappa shape index (κ2) is 5.95. The number of anilines is 2. The second-order valence-electron chi connectivity index (χ2n) is 6.32. The smallest absolute Gasteiger partial charge is 0.326 e. The Hall–Kier alpha value is -2.49. The van der Waals surface area contributed by atoms with Crippen LogP contribution in [0.4, 0.5) is 16.2 Å². The first kappa shape index (κ1) is 15.4. The summed E-state index contributed by atoms with van der Waals surface area (Å²) in [7, 11) is 0. The molecule has 0 radical (unpaired) electrons. The van der Waals surface area contributed by atoms with Crippen molar-refractivity contribution >= 4 is 17.4 Å². The van der Waals surface area contributed by atoms with Crippen molar-refractivity contribution in [3.63, 3.8) is 0 Å². The van der Waals surface area contributed by atoms with Gasteiger partial charge in [0, 0.05) is 5.69 Å². The molecule has 4 heteroatoms. The number of ether oxygens (including phenoxy) is 1. The number of benzene rings is 2. The van der Waals surface area contributed by atoms with Gasteiger partial charge < -0.3 is 10.1 Å². The standard InChI is InChI=1S/C19H22N2O2/c1-12-5-6-18-17(10-12)21(11-15(4)23-18)19(22)20-16-8-13(2)7-14(3)9-16/h5-10,15H,11H2,1-4H3,(H,20,22)/t15-/m1/s1. The minimum atomic E-state index is -0.128. The van der Waals surface area contributed by atoms with Crippen LogP contribution in [-0.2, 0) is 0 Å². The van der Waals surface area contributed by atoms with Crippen molar-refractivity contribution in [3.8, 4) is 5.75 Å². The molecule has 0 spiro atoms. The van der Waals surface area contributed by atoms with Crippen LogP contribution in [0.25, 0.3) is 0 Å². The summed E-state index contributed by atoms with van der Waals surface area (Å²) >= 11 is 0. The molecule has 120 valence electrons. The Bertz CT molecular complexity index is 735. The van der Waals surface area contributed by atoms with Crippen molar-refractivity contribution in [3.05, 3.63) is 53.1 Å². The number of amides is 2. The van der Waals surface area contributed by atoms with Gasteiger partial charge in [-0.2, -0.15) is 0 Å². The first-order valence-corrected chi connectivity index (χ1v) is 7.86. The molecule has 3 rings (SSSR count). The molecule has 0 unspecified atom stereocenters. The number of rotatable bonds is 1. The van der Waals surface area contributed by atoms with E-state index in [1.807, 2.05) is 58.0 Å². The number of hydrogen-bond acceptors (Lipinski definition) is 2. The van der Waals surface area contributed by atoms with Gasteiger partial charge in [-0.15, -0.1) is 0 Å². The van der Waals surface area contributed by atoms with E-state index in [0.29, 0.717) is 6.54 Å². The maximum atomic E-state index is 12.8. The molecule has 0 aliphatic carbocycles. The third-order valence-corrected chi connectivity index (χ3v) is 3.89. The molecule has 1 atom stereocenters. The van der Waals surface area contributed by atoms with Gasteiger partial charge in [0.1, 0.15) is 11.9 Å². The van der Waals surface area contributed by atoms with Gasteiger partial charge in [-0.3, -0.25) is 4.90 Å². The van der Waals surface area contributed by atoms with Gasteiger partial charge in [-0.25, -0.2) is 4.79 Å². The molecular weight excluding hydrogens is 288 g/mol. The zero-order valence-electron chi connectivity index (χ0n) is 14.0. The molecule has 2 amide bonds. The van der Waals surface area contributed by atoms with Crippen LogP contribution in [0.15, 0.2) is 36.4 Å². The van der Waals surface area contributed by atoms with Crippen molar-refractivity contribution in [1.29, 1.82) is 0 Å². The van der Waals surface area contributed by atoms with Crippen molar-refractivity contribution in [2.45, 2.75) is 33.8 Å². The number of nitrogens with zero attached hydrogens (tertiary/aromatic N) is 1. The van der Waals surface area contributed by atoms with Gasteiger partial charge in [0.05, 0.1) is 12.2 Å². The molecule has 0 saturated heterocycles. The Kier molecular flexibility index (Phi) is 3.99. The zero-order valence-corrected chi connectivity index (χ0v) is 14.0. The molecule has 0 bridgehead atoms. The van der Waals surface area contributed by atoms with E-state index in [4.69, 9.17) is 4.74 Å². The van der Waals surface area contributed by atoms with Crippen molar-refractivity contribution in [2.24, 2.45) is 0 Å². The SMILES string of the molecule is Cc1cc(C)cc(NC(=O)N2C[C@@H](C)Oc3ccc(C)cc32)c1. The summed E-state index contributed by atoms with van der Waals surface area (Å²) in [6, 6.07) is 11.8. The van der Waals surface area contributed by atoms with Crippen LogP contribution in [0.1, 0.15) is 23.6 Å². The van der Waals surface area contributed by atoms with E-state index in [1.54, 1.807) is 4.90 Å². The van der Waals surface area contributed by atoms with E-state index in [2.05, 4.69) is 11.4 Å². The molecule has 4 nitrogen and oxygen atoms in total. The molecule has 0 fully saturated rings. The zero-order chi connectivity index (χ0) is 16.6. The van der Waals surface area contributed by atoms with Crippen molar-refractivity contribution in [1.82, 2.24) is 0 Å². The van der Waals surface area contributed by atoms with Crippen LogP contribution >= 0.6 is 0 Å². The number of carbonyl (C=O) groups excluding carboxylic acids is 1. The molecule has 1 heterocycles. The average Bonchev–Trinajstić information content (AvgIpc) is 2.45. The molecule has 0 saturated carbocycles. The number of carbonyl (C=O) groups is 1. The minimum absolute atomic E-state index is 0.0322. The van der Waals surface area contributed by atoms with Gasteiger partial charge in [-0.05, 0) is 68.7 Å². The highest BCUT2D eigenvalue weighted by atomic mass is 16.5. The topological polar surface area (TPSA) is 41.6 Å². The summed E-state index contributed by atoms with van der Waals surface area (Å²) in [5.41, 5.74) is 5.01. The van der Waals surface area contributed by atoms with Crippen LogP contribution in [-0.4, -0.2) is 18.7 Å². The predicted octanol–water partition coefficient (Wildman–Crippen LogP) is 4.43. The Balaban J connectivity index is 1.89. The monoisotopic (exact) mass is 310 g/mol. The van der Waals surface area contributed by atoms with E-state index in [9.17, 15) is 4.79 Å². The molecule has 1 aliphatic heterocycles. The summed E-state index contributed by atoms with van der Waals surface area (Å²) < 4.78 is 5.83. The van der Waals surface area contributed by atoms with Gasteiger partial charge in [0.25, 0.3) is 0 Å². The Morgan fingerprint density at radius 2 is 1.78 bits per heavy atom. The fourth-order valence-electron chi connectivity index (χ4n) is 2.98. The molecule has 0 aromatic heterocycles. The number of urea groups is 1. The predicted molar refractivity (Wildman–Crippen MR) is 93.5 cm³/mol. The van der Waals surface area contributed by atoms with Crippen LogP contribution < -0.4 is 15.0 Å². The lowest BCUT2D eigenvalue weighted by Crippen LogP contribution is -2.44. The molecular formula is C19H22N2O2. The fraction of sp³-hybridized carbons (Fsp3) is 0.316. The normalized spacial score (nSPS) is 16.5. The van der Waals surface area contributed by atoms with Crippen LogP contribution in [0.3, 0.4) is 0 Å². The number of nitrogens with one attached hydrogen (secondary N) is 1. The number of fused-ring (bicyclic) bond motifs is 1. The highest BCUT2D eigenvalue weighted by Gasteiger charge is 2.27. The third-order valence-electron chi connectivity index (χ3n) is 3.89. The molecule has 1 aliphatic rings. The Labute approximate surface area is 137 Å². The van der Waals surface area contributed by atoms with Gasteiger partial charge in [0.15, 0.2) is 0 Å². The maximum Gasteiger partial charge on any atom is 0.326 e. The minimum Gasteiger partial charge on any atom is -0.487 e. The summed E-state index contributed by atoms with van der Waals surface area (Å²) in [5, 5.41) is 3.01. The number of hydrogen-bond donors (Lipinski definition) is 1. The fourth-order valence-corrected chi connectivity index (χ4v) is 2.98. The van der Waals surface area contributed by atoms with E-state index in [1.165, 1.54) is 0 Å². The largest absolute Gasteiger partial charge is 0.487 e. The summed E-state index contributed by atoms with van der Waals surface area (Å²) in [6.07, 6.45) is -0.0322. The van der Waals surface area contributed by atoms with E-state index < -0.39 is 0 Å². The first-order chi connectivity index (χ1) is 10.9. The van der Waals surface area contributed by atoms with E-state index >= 15 is 0 Å². The highest BCUT2D eigenvalue weighted by molar-refractivity contribution is 6.03. The lowest BCUT2D eigenvalue weighted by atomic mass is 10.1. The van der Waals surface area contributed by atoms with Gasteiger partial charge in [0.2, 0.25) is 0 Å². The Morgan fingerprint density at radius 3 is 2.48 bits per heavy atom. The van der Waals surface area contributed by atoms with Crippen LogP contribution in [0.5, 0.6) is 5.75 Å². The molecule has 2 aromatic rings. The Morgan fingerprint density at radius 1 is 1.09 bits per heavy atom. The van der Waals surface area contributed by atoms with Gasteiger partial charge >= 0.3 is 6.03 Å². The quantitative estimate of drug-likeness (QED) is 0.846. The lowest BCUT2D eigenvalue weighted by Gasteiger charge is -2.33. The average molecular weight is 310 g/mol. The van der Waals surface area contributed by atoms with Gasteiger partial charge in [-0.1, -0.05) is 12.1 Å². The highest BCUT2D eigenvalue weighted by Crippen LogP contribution is 2.34. The summed E-state index contributed by atoms with van der Waals surface area (Å²) in [6.45, 7) is 8.57. The first-order valence-electron chi connectivity index (χ1n) is 7.86. The third kappa shape index (κ3) is 3.31. The summed E-state index contributed by atoms with van der Waals surface area (Å²) in [5.74, 6) is 0.755. The second-order valence-corrected chi connectivity index (χ2v) is 6.32. The van der Waals surface area contributed by atoms with Crippen LogP contribution in [0, 0.1) is 20.8 Å². The van der Waals surface area contributed by atoms with E-state index in [0.717, 1.165) is 33.8 Å². The van der Waals surface area contributed by atoms with E-state index in [-0.39, 0.29) is 12.1 Å². The summed E-state index contributed by atoms with van der Waals surface area (Å²) in [4.78, 5) is 14.5. The molecule has 23 heavy (non-hydrogen) atoms. The van der Waals surface area contributed by atoms with Crippen molar-refractivity contribution in [2.75, 3.05) is 16.8 Å². The van der Waals surface area contributed by atoms with Crippen LogP contribution in [0.2, 0.25) is 0 Å². The molecule has 1 N–H and O–H groups in total.